The molecule has 1 aliphatic heterocycles. The summed E-state index contributed by atoms with van der Waals surface area (Å²) in [5.74, 6) is -0.730. The van der Waals surface area contributed by atoms with E-state index >= 15 is 0 Å². The van der Waals surface area contributed by atoms with Crippen LogP contribution in [0.15, 0.2) is 42.1 Å². The summed E-state index contributed by atoms with van der Waals surface area (Å²) in [6, 6.07) is 10.8. The Labute approximate surface area is 162 Å². The lowest BCUT2D eigenvalue weighted by atomic mass is 10.0. The number of aryl methyl sites for hydroxylation is 2. The van der Waals surface area contributed by atoms with Crippen LogP contribution >= 0.6 is 23.2 Å². The molecule has 0 atom stereocenters. The molecular weight excluding hydrogens is 371 g/mol. The standard InChI is InChI=1S/C20H18Cl2N2O2/c1-4-24-19(25)17(15-6-5-13(21)10-16(15)22)18(20(24)26)23-14-8-11(2)7-12(3)9-14/h5-10,23H,4H2,1-3H3. The van der Waals surface area contributed by atoms with E-state index in [4.69, 9.17) is 23.2 Å². The number of imide groups is 1. The minimum absolute atomic E-state index is 0.228. The highest BCUT2D eigenvalue weighted by atomic mass is 35.5. The zero-order valence-corrected chi connectivity index (χ0v) is 16.2. The lowest BCUT2D eigenvalue weighted by Gasteiger charge is -2.12. The van der Waals surface area contributed by atoms with E-state index in [0.717, 1.165) is 16.8 Å². The largest absolute Gasteiger partial charge is 0.350 e. The van der Waals surface area contributed by atoms with Crippen LogP contribution in [0.4, 0.5) is 5.69 Å². The first-order valence-corrected chi connectivity index (χ1v) is 8.98. The summed E-state index contributed by atoms with van der Waals surface area (Å²) in [6.07, 6.45) is 0. The highest BCUT2D eigenvalue weighted by Crippen LogP contribution is 2.35. The maximum absolute atomic E-state index is 12.8. The molecule has 0 aliphatic carbocycles. The fourth-order valence-electron chi connectivity index (χ4n) is 3.11. The third-order valence-electron chi connectivity index (χ3n) is 4.18. The monoisotopic (exact) mass is 388 g/mol. The third-order valence-corrected chi connectivity index (χ3v) is 4.72. The molecule has 0 aromatic heterocycles. The van der Waals surface area contributed by atoms with Crippen molar-refractivity contribution in [3.8, 4) is 0 Å². The van der Waals surface area contributed by atoms with E-state index in [2.05, 4.69) is 5.32 Å². The molecule has 2 aromatic carbocycles. The Hall–Kier alpha value is -2.30. The molecule has 134 valence electrons. The second-order valence-corrected chi connectivity index (χ2v) is 7.07. The van der Waals surface area contributed by atoms with Gasteiger partial charge in [-0.15, -0.1) is 0 Å². The number of carbonyl (C=O) groups is 2. The van der Waals surface area contributed by atoms with E-state index in [9.17, 15) is 9.59 Å². The van der Waals surface area contributed by atoms with E-state index < -0.39 is 0 Å². The summed E-state index contributed by atoms with van der Waals surface area (Å²) in [6.45, 7) is 5.99. The number of hydrogen-bond donors (Lipinski definition) is 1. The van der Waals surface area contributed by atoms with Gasteiger partial charge in [-0.25, -0.2) is 0 Å². The van der Waals surface area contributed by atoms with Gasteiger partial charge in [0.2, 0.25) is 0 Å². The van der Waals surface area contributed by atoms with Gasteiger partial charge in [0.05, 0.1) is 10.6 Å². The summed E-state index contributed by atoms with van der Waals surface area (Å²) in [5.41, 5.74) is 3.84. The number of likely N-dealkylation sites (N-methyl/N-ethyl adjacent to an activating group) is 1. The van der Waals surface area contributed by atoms with Crippen LogP contribution in [0.5, 0.6) is 0 Å². The van der Waals surface area contributed by atoms with Crippen molar-refractivity contribution in [2.75, 3.05) is 11.9 Å². The van der Waals surface area contributed by atoms with Gasteiger partial charge in [-0.1, -0.05) is 35.3 Å². The number of halogens is 2. The Bertz CT molecular complexity index is 931. The van der Waals surface area contributed by atoms with E-state index in [1.165, 1.54) is 4.90 Å². The van der Waals surface area contributed by atoms with Crippen LogP contribution in [-0.2, 0) is 9.59 Å². The summed E-state index contributed by atoms with van der Waals surface area (Å²) < 4.78 is 0. The number of carbonyl (C=O) groups excluding carboxylic acids is 2. The molecule has 0 saturated heterocycles. The van der Waals surface area contributed by atoms with Gasteiger partial charge in [-0.2, -0.15) is 0 Å². The average molecular weight is 389 g/mol. The maximum atomic E-state index is 12.8. The van der Waals surface area contributed by atoms with E-state index in [0.29, 0.717) is 15.6 Å². The van der Waals surface area contributed by atoms with E-state index in [1.54, 1.807) is 25.1 Å². The molecule has 0 unspecified atom stereocenters. The van der Waals surface area contributed by atoms with Gasteiger partial charge in [-0.05, 0) is 56.2 Å². The van der Waals surface area contributed by atoms with Crippen LogP contribution in [0.25, 0.3) is 5.57 Å². The molecule has 2 aromatic rings. The molecule has 0 fully saturated rings. The Morgan fingerprint density at radius 3 is 2.19 bits per heavy atom. The van der Waals surface area contributed by atoms with Crippen molar-refractivity contribution in [2.24, 2.45) is 0 Å². The smallest absolute Gasteiger partial charge is 0.278 e. The summed E-state index contributed by atoms with van der Waals surface area (Å²) in [4.78, 5) is 26.8. The zero-order valence-electron chi connectivity index (χ0n) is 14.7. The molecule has 0 spiro atoms. The first kappa shape index (κ1) is 18.5. The normalized spacial score (nSPS) is 14.4. The zero-order chi connectivity index (χ0) is 19.0. The first-order chi connectivity index (χ1) is 12.3. The van der Waals surface area contributed by atoms with Gasteiger partial charge < -0.3 is 5.32 Å². The number of hydrogen-bond acceptors (Lipinski definition) is 3. The minimum atomic E-state index is -0.367. The van der Waals surface area contributed by atoms with Gasteiger partial charge in [0.25, 0.3) is 11.8 Å². The topological polar surface area (TPSA) is 49.4 Å². The average Bonchev–Trinajstić information content (AvgIpc) is 2.77. The summed E-state index contributed by atoms with van der Waals surface area (Å²) in [7, 11) is 0. The van der Waals surface area contributed by atoms with Crippen molar-refractivity contribution in [3.63, 3.8) is 0 Å². The van der Waals surface area contributed by atoms with Gasteiger partial charge in [0.15, 0.2) is 0 Å². The molecule has 0 saturated carbocycles. The van der Waals surface area contributed by atoms with Crippen LogP contribution in [0.2, 0.25) is 10.0 Å². The summed E-state index contributed by atoms with van der Waals surface area (Å²) in [5, 5.41) is 3.92. The lowest BCUT2D eigenvalue weighted by Crippen LogP contribution is -2.32. The van der Waals surface area contributed by atoms with Crippen LogP contribution in [0, 0.1) is 13.8 Å². The van der Waals surface area contributed by atoms with E-state index in [1.807, 2.05) is 32.0 Å². The molecular formula is C20H18Cl2N2O2. The molecule has 0 radical (unpaired) electrons. The lowest BCUT2D eigenvalue weighted by molar-refractivity contribution is -0.136. The number of nitrogens with one attached hydrogen (secondary N) is 1. The number of benzene rings is 2. The molecule has 1 heterocycles. The SMILES string of the molecule is CCN1C(=O)C(Nc2cc(C)cc(C)c2)=C(c2ccc(Cl)cc2Cl)C1=O. The molecule has 1 N–H and O–H groups in total. The van der Waals surface area contributed by atoms with Gasteiger partial charge >= 0.3 is 0 Å². The highest BCUT2D eigenvalue weighted by Gasteiger charge is 2.39. The predicted octanol–water partition coefficient (Wildman–Crippen LogP) is 4.82. The van der Waals surface area contributed by atoms with Crippen LogP contribution in [0.1, 0.15) is 23.6 Å². The van der Waals surface area contributed by atoms with Gasteiger partial charge in [0.1, 0.15) is 5.70 Å². The predicted molar refractivity (Wildman–Crippen MR) is 105 cm³/mol. The molecule has 2 amide bonds. The number of nitrogens with zero attached hydrogens (tertiary/aromatic N) is 1. The second kappa shape index (κ2) is 7.14. The molecule has 1 aliphatic rings. The van der Waals surface area contributed by atoms with Crippen molar-refractivity contribution in [3.05, 3.63) is 68.8 Å². The number of anilines is 1. The highest BCUT2D eigenvalue weighted by molar-refractivity contribution is 6.41. The minimum Gasteiger partial charge on any atom is -0.350 e. The molecule has 3 rings (SSSR count). The van der Waals surface area contributed by atoms with Crippen molar-refractivity contribution >= 4 is 46.3 Å². The molecule has 4 nitrogen and oxygen atoms in total. The Kier molecular flexibility index (Phi) is 5.08. The Morgan fingerprint density at radius 2 is 1.62 bits per heavy atom. The van der Waals surface area contributed by atoms with Crippen molar-refractivity contribution < 1.29 is 9.59 Å². The fourth-order valence-corrected chi connectivity index (χ4v) is 3.62. The molecule has 6 heteroatoms. The third kappa shape index (κ3) is 3.35. The first-order valence-electron chi connectivity index (χ1n) is 8.23. The molecule has 26 heavy (non-hydrogen) atoms. The second-order valence-electron chi connectivity index (χ2n) is 6.23. The van der Waals surface area contributed by atoms with Crippen LogP contribution < -0.4 is 5.32 Å². The maximum Gasteiger partial charge on any atom is 0.278 e. The summed E-state index contributed by atoms with van der Waals surface area (Å²) >= 11 is 12.3. The fraction of sp³-hybridized carbons (Fsp3) is 0.200. The number of amides is 2. The van der Waals surface area contributed by atoms with Gasteiger partial charge in [0, 0.05) is 22.8 Å². The van der Waals surface area contributed by atoms with Gasteiger partial charge in [-0.3, -0.25) is 14.5 Å². The van der Waals surface area contributed by atoms with Crippen LogP contribution in [-0.4, -0.2) is 23.3 Å². The quantitative estimate of drug-likeness (QED) is 0.763. The van der Waals surface area contributed by atoms with Crippen molar-refractivity contribution in [2.45, 2.75) is 20.8 Å². The Balaban J connectivity index is 2.15. The molecule has 0 bridgehead atoms. The van der Waals surface area contributed by atoms with Crippen LogP contribution in [0.3, 0.4) is 0 Å². The van der Waals surface area contributed by atoms with Crippen molar-refractivity contribution in [1.29, 1.82) is 0 Å². The van der Waals surface area contributed by atoms with Crippen molar-refractivity contribution in [1.82, 2.24) is 4.90 Å². The number of rotatable bonds is 4. The van der Waals surface area contributed by atoms with E-state index in [-0.39, 0.29) is 29.6 Å². The Morgan fingerprint density at radius 1 is 0.962 bits per heavy atom.